The summed E-state index contributed by atoms with van der Waals surface area (Å²) in [5.74, 6) is -2.15. The van der Waals surface area contributed by atoms with Crippen molar-refractivity contribution < 1.29 is 28.3 Å². The van der Waals surface area contributed by atoms with Gasteiger partial charge in [-0.15, -0.1) is 11.3 Å². The van der Waals surface area contributed by atoms with Gasteiger partial charge in [-0.25, -0.2) is 23.6 Å². The molecule has 3 N–H and O–H groups in total. The number of nitrogens with one attached hydrogen (secondary N) is 2. The minimum atomic E-state index is -0.878. The first-order chi connectivity index (χ1) is 23.0. The molecule has 0 aliphatic heterocycles. The van der Waals surface area contributed by atoms with Gasteiger partial charge in [-0.05, 0) is 54.6 Å². The fraction of sp³-hybridized carbons (Fsp3) is 0.273. The predicted octanol–water partition coefficient (Wildman–Crippen LogP) is 4.14. The first-order valence-electron chi connectivity index (χ1n) is 14.5. The lowest BCUT2D eigenvalue weighted by molar-refractivity contribution is -0.105. The lowest BCUT2D eigenvalue weighted by atomic mass is 10.1. The van der Waals surface area contributed by atoms with Gasteiger partial charge in [0.05, 0.1) is 25.6 Å². The zero-order valence-corrected chi connectivity index (χ0v) is 28.1. The maximum absolute atomic E-state index is 14.9. The second kappa shape index (κ2) is 17.9. The molecule has 2 heterocycles. The molecule has 2 aromatic carbocycles. The zero-order valence-electron chi connectivity index (χ0n) is 27.3. The Kier molecular flexibility index (Phi) is 14.1. The number of thiophene rings is 1. The summed E-state index contributed by atoms with van der Waals surface area (Å²) in [5, 5.41) is 12.4. The highest BCUT2D eigenvalue weighted by molar-refractivity contribution is 7.22. The topological polar surface area (TPSA) is 139 Å². The number of anilines is 1. The summed E-state index contributed by atoms with van der Waals surface area (Å²) >= 11 is 1.14. The Morgan fingerprint density at radius 2 is 1.75 bits per heavy atom. The number of allylic oxidation sites excluding steroid dienone is 2. The summed E-state index contributed by atoms with van der Waals surface area (Å²) < 4.78 is 36.9. The molecule has 0 saturated heterocycles. The SMILES string of the molecule is C=C(O)/C=C\C(=NC)n1c(=O)c2c(CN(C)CCOC)c(-c3ccc(NC=O)cc3)sc2n(Cc2c(F)cccc2F)c1=O.CNOC. The highest BCUT2D eigenvalue weighted by Gasteiger charge is 2.26. The van der Waals surface area contributed by atoms with Gasteiger partial charge >= 0.3 is 5.69 Å². The van der Waals surface area contributed by atoms with Gasteiger partial charge in [0.15, 0.2) is 0 Å². The van der Waals surface area contributed by atoms with Gasteiger partial charge in [-0.1, -0.05) is 24.8 Å². The van der Waals surface area contributed by atoms with Gasteiger partial charge in [0.25, 0.3) is 5.56 Å². The Balaban J connectivity index is 0.00000148. The number of amides is 1. The largest absolute Gasteiger partial charge is 0.509 e. The lowest BCUT2D eigenvalue weighted by Gasteiger charge is -2.17. The zero-order chi connectivity index (χ0) is 35.4. The van der Waals surface area contributed by atoms with Gasteiger partial charge < -0.3 is 20.0 Å². The van der Waals surface area contributed by atoms with Crippen molar-refractivity contribution in [3.05, 3.63) is 111 Å². The van der Waals surface area contributed by atoms with Gasteiger partial charge in [-0.2, -0.15) is 0 Å². The van der Waals surface area contributed by atoms with Crippen LogP contribution in [0.1, 0.15) is 11.1 Å². The number of hydroxylamine groups is 1. The number of likely N-dealkylation sites (N-methyl/N-ethyl adjacent to an activating group) is 1. The number of hydrogen-bond donors (Lipinski definition) is 3. The summed E-state index contributed by atoms with van der Waals surface area (Å²) in [5.41, 5.74) is 2.33. The summed E-state index contributed by atoms with van der Waals surface area (Å²) in [6.07, 6.45) is 2.98. The van der Waals surface area contributed by atoms with E-state index >= 15 is 0 Å². The molecule has 48 heavy (non-hydrogen) atoms. The van der Waals surface area contributed by atoms with Crippen molar-refractivity contribution in [3.63, 3.8) is 0 Å². The number of nitrogens with zero attached hydrogens (tertiary/aromatic N) is 4. The molecule has 1 amide bonds. The molecular weight excluding hydrogens is 646 g/mol. The third-order valence-electron chi connectivity index (χ3n) is 7.02. The maximum atomic E-state index is 14.9. The van der Waals surface area contributed by atoms with Crippen LogP contribution in [0.2, 0.25) is 0 Å². The molecular formula is C33H38F2N6O6S. The number of halogens is 2. The number of rotatable bonds is 13. The van der Waals surface area contributed by atoms with Crippen molar-refractivity contribution in [1.82, 2.24) is 19.5 Å². The van der Waals surface area contributed by atoms with E-state index in [1.807, 2.05) is 11.9 Å². The number of carbonyl (C=O) groups excluding carboxylic acids is 1. The van der Waals surface area contributed by atoms with Gasteiger partial charge in [0, 0.05) is 50.4 Å². The van der Waals surface area contributed by atoms with Gasteiger partial charge in [0.1, 0.15) is 28.1 Å². The fourth-order valence-electron chi connectivity index (χ4n) is 4.64. The molecule has 0 fully saturated rings. The molecule has 15 heteroatoms. The van der Waals surface area contributed by atoms with Crippen LogP contribution in [-0.4, -0.2) is 79.9 Å². The Bertz CT molecular complexity index is 1890. The summed E-state index contributed by atoms with van der Waals surface area (Å²) in [7, 11) is 8.07. The second-order valence-electron chi connectivity index (χ2n) is 10.2. The molecule has 4 aromatic rings. The summed E-state index contributed by atoms with van der Waals surface area (Å²) in [6.45, 7) is 4.08. The van der Waals surface area contributed by atoms with Crippen molar-refractivity contribution >= 4 is 39.5 Å². The van der Waals surface area contributed by atoms with E-state index in [-0.39, 0.29) is 33.9 Å². The Morgan fingerprint density at radius 1 is 1.10 bits per heavy atom. The number of aliphatic hydroxyl groups is 1. The molecule has 0 atom stereocenters. The third-order valence-corrected chi connectivity index (χ3v) is 8.32. The van der Waals surface area contributed by atoms with E-state index in [9.17, 15) is 28.3 Å². The van der Waals surface area contributed by atoms with E-state index < -0.39 is 29.4 Å². The smallest absolute Gasteiger partial charge is 0.338 e. The standard InChI is InChI=1S/C31H31F2N5O5S.C2H7NO/c1-19(40)8-13-26(34-2)38-29(41)27-23(16-36(3)14-15-43-4)28(20-9-11-21(12-10-20)35-18-39)44-30(27)37(31(38)42)17-22-24(32)6-5-7-25(22)33;1-3-4-2/h5-13,18,40H,1,14-17H2,2-4H3,(H,35,39);3H,1-2H3/b13-8-,34-26?;. The van der Waals surface area contributed by atoms with Crippen LogP contribution in [0, 0.1) is 11.6 Å². The van der Waals surface area contributed by atoms with Crippen LogP contribution in [-0.2, 0) is 27.5 Å². The fourth-order valence-corrected chi connectivity index (χ4v) is 5.94. The Labute approximate surface area is 279 Å². The third kappa shape index (κ3) is 8.96. The molecule has 4 rings (SSSR count). The second-order valence-corrected chi connectivity index (χ2v) is 11.2. The van der Waals surface area contributed by atoms with E-state index in [1.165, 1.54) is 25.3 Å². The number of ether oxygens (including phenoxy) is 1. The van der Waals surface area contributed by atoms with Crippen LogP contribution >= 0.6 is 11.3 Å². The van der Waals surface area contributed by atoms with Crippen LogP contribution in [0.15, 0.2) is 81.5 Å². The molecule has 0 radical (unpaired) electrons. The number of hydrogen-bond acceptors (Lipinski definition) is 10. The molecule has 2 aromatic heterocycles. The van der Waals surface area contributed by atoms with Crippen LogP contribution in [0.4, 0.5) is 14.5 Å². The van der Waals surface area contributed by atoms with Gasteiger partial charge in [0.2, 0.25) is 6.41 Å². The van der Waals surface area contributed by atoms with Crippen molar-refractivity contribution in [2.75, 3.05) is 53.8 Å². The summed E-state index contributed by atoms with van der Waals surface area (Å²) in [4.78, 5) is 50.4. The Morgan fingerprint density at radius 3 is 2.29 bits per heavy atom. The molecule has 0 aliphatic carbocycles. The highest BCUT2D eigenvalue weighted by Crippen LogP contribution is 2.38. The number of carbonyl (C=O) groups is 1. The molecule has 0 spiro atoms. The first-order valence-corrected chi connectivity index (χ1v) is 15.3. The normalized spacial score (nSPS) is 11.6. The minimum Gasteiger partial charge on any atom is -0.509 e. The predicted molar refractivity (Wildman–Crippen MR) is 185 cm³/mol. The number of aliphatic hydroxyl groups excluding tert-OH is 1. The molecule has 12 nitrogen and oxygen atoms in total. The summed E-state index contributed by atoms with van der Waals surface area (Å²) in [6, 6.07) is 10.3. The number of fused-ring (bicyclic) bond motifs is 1. The van der Waals surface area contributed by atoms with Crippen LogP contribution < -0.4 is 22.0 Å². The Hall–Kier alpha value is -4.80. The minimum absolute atomic E-state index is 0.115. The van der Waals surface area contributed by atoms with Crippen molar-refractivity contribution in [2.24, 2.45) is 4.99 Å². The average molecular weight is 685 g/mol. The number of benzene rings is 2. The highest BCUT2D eigenvalue weighted by atomic mass is 32.1. The lowest BCUT2D eigenvalue weighted by Crippen LogP contribution is -2.43. The number of aromatic nitrogens is 2. The van der Waals surface area contributed by atoms with Crippen molar-refractivity contribution in [3.8, 4) is 10.4 Å². The molecule has 0 aliphatic rings. The van der Waals surface area contributed by atoms with Crippen LogP contribution in [0.3, 0.4) is 0 Å². The van der Waals surface area contributed by atoms with E-state index in [2.05, 4.69) is 27.2 Å². The molecule has 256 valence electrons. The average Bonchev–Trinajstić information content (AvgIpc) is 3.44. The van der Waals surface area contributed by atoms with E-state index in [1.54, 1.807) is 45.5 Å². The van der Waals surface area contributed by atoms with E-state index in [0.717, 1.165) is 32.6 Å². The number of methoxy groups -OCH3 is 1. The molecule has 0 unspecified atom stereocenters. The maximum Gasteiger partial charge on any atom is 0.338 e. The molecule has 0 bridgehead atoms. The first kappa shape index (κ1) is 37.7. The van der Waals surface area contributed by atoms with Crippen molar-refractivity contribution in [1.29, 1.82) is 0 Å². The van der Waals surface area contributed by atoms with Gasteiger partial charge in [-0.3, -0.25) is 24.0 Å². The van der Waals surface area contributed by atoms with E-state index in [4.69, 9.17) is 4.74 Å². The number of aliphatic imine (C=N–C) groups is 1. The van der Waals surface area contributed by atoms with E-state index in [0.29, 0.717) is 41.3 Å². The monoisotopic (exact) mass is 684 g/mol. The molecule has 0 saturated carbocycles. The van der Waals surface area contributed by atoms with Crippen molar-refractivity contribution in [2.45, 2.75) is 13.1 Å². The van der Waals surface area contributed by atoms with Crippen LogP contribution in [0.5, 0.6) is 0 Å². The van der Waals surface area contributed by atoms with Crippen LogP contribution in [0.25, 0.3) is 20.7 Å². The quantitative estimate of drug-likeness (QED) is 0.0477.